The molecule has 0 aliphatic rings. The maximum Gasteiger partial charge on any atom is 0.255 e. The van der Waals surface area contributed by atoms with Gasteiger partial charge >= 0.3 is 0 Å². The maximum absolute atomic E-state index is 11.9. The van der Waals surface area contributed by atoms with Crippen LogP contribution in [0.25, 0.3) is 0 Å². The Morgan fingerprint density at radius 1 is 1.41 bits per heavy atom. The molecule has 0 saturated heterocycles. The fraction of sp³-hybridized carbons (Fsp3) is 0.417. The van der Waals surface area contributed by atoms with Gasteiger partial charge in [0.1, 0.15) is 5.75 Å². The summed E-state index contributed by atoms with van der Waals surface area (Å²) < 4.78 is 6.06. The molecular formula is C12H17BrN2O2. The number of amides is 1. The van der Waals surface area contributed by atoms with E-state index in [1.54, 1.807) is 19.2 Å². The number of carbonyl (C=O) groups excluding carboxylic acids is 1. The number of hydrogen-bond donors (Lipinski definition) is 2. The van der Waals surface area contributed by atoms with E-state index in [4.69, 9.17) is 4.74 Å². The Kier molecular flexibility index (Phi) is 6.00. The number of ether oxygens (including phenoxy) is 1. The van der Waals surface area contributed by atoms with Crippen molar-refractivity contribution in [2.45, 2.75) is 6.42 Å². The second-order valence-electron chi connectivity index (χ2n) is 3.56. The van der Waals surface area contributed by atoms with Crippen molar-refractivity contribution in [3.8, 4) is 5.75 Å². The molecule has 4 nitrogen and oxygen atoms in total. The summed E-state index contributed by atoms with van der Waals surface area (Å²) in [5.74, 6) is 0.468. The lowest BCUT2D eigenvalue weighted by Crippen LogP contribution is -2.26. The van der Waals surface area contributed by atoms with Gasteiger partial charge in [-0.1, -0.05) is 15.9 Å². The van der Waals surface area contributed by atoms with E-state index in [2.05, 4.69) is 26.6 Å². The highest BCUT2D eigenvalue weighted by molar-refractivity contribution is 9.10. The molecule has 0 aliphatic carbocycles. The second-order valence-corrected chi connectivity index (χ2v) is 4.47. The summed E-state index contributed by atoms with van der Waals surface area (Å²) in [5, 5.41) is 5.88. The van der Waals surface area contributed by atoms with Crippen molar-refractivity contribution < 1.29 is 9.53 Å². The van der Waals surface area contributed by atoms with E-state index in [1.807, 2.05) is 13.1 Å². The molecule has 0 saturated carbocycles. The van der Waals surface area contributed by atoms with Crippen LogP contribution in [-0.2, 0) is 0 Å². The van der Waals surface area contributed by atoms with Gasteiger partial charge in [-0.25, -0.2) is 0 Å². The molecule has 5 heteroatoms. The Balaban J connectivity index is 2.62. The van der Waals surface area contributed by atoms with Gasteiger partial charge in [0.25, 0.3) is 5.91 Å². The number of nitrogens with one attached hydrogen (secondary N) is 2. The van der Waals surface area contributed by atoms with Crippen LogP contribution >= 0.6 is 15.9 Å². The molecule has 1 aromatic carbocycles. The summed E-state index contributed by atoms with van der Waals surface area (Å²) >= 11 is 3.34. The first-order chi connectivity index (χ1) is 8.19. The average molecular weight is 301 g/mol. The number of methoxy groups -OCH3 is 1. The van der Waals surface area contributed by atoms with E-state index in [-0.39, 0.29) is 5.91 Å². The molecular weight excluding hydrogens is 284 g/mol. The third-order valence-corrected chi connectivity index (χ3v) is 2.79. The maximum atomic E-state index is 11.9. The fourth-order valence-corrected chi connectivity index (χ4v) is 1.76. The van der Waals surface area contributed by atoms with E-state index in [0.717, 1.165) is 17.4 Å². The topological polar surface area (TPSA) is 50.4 Å². The monoisotopic (exact) mass is 300 g/mol. The Bertz CT molecular complexity index is 383. The molecule has 1 rings (SSSR count). The van der Waals surface area contributed by atoms with E-state index < -0.39 is 0 Å². The van der Waals surface area contributed by atoms with Gasteiger partial charge in [-0.3, -0.25) is 4.79 Å². The fourth-order valence-electron chi connectivity index (χ4n) is 1.41. The molecule has 0 radical (unpaired) electrons. The average Bonchev–Trinajstić information content (AvgIpc) is 2.34. The van der Waals surface area contributed by atoms with E-state index in [9.17, 15) is 4.79 Å². The van der Waals surface area contributed by atoms with E-state index in [0.29, 0.717) is 17.9 Å². The number of hydrogen-bond acceptors (Lipinski definition) is 3. The molecule has 0 aromatic heterocycles. The largest absolute Gasteiger partial charge is 0.496 e. The first-order valence-electron chi connectivity index (χ1n) is 5.45. The minimum absolute atomic E-state index is 0.106. The Morgan fingerprint density at radius 3 is 2.82 bits per heavy atom. The van der Waals surface area contributed by atoms with Crippen molar-refractivity contribution in [1.29, 1.82) is 0 Å². The molecule has 1 amide bonds. The van der Waals surface area contributed by atoms with Crippen molar-refractivity contribution in [3.05, 3.63) is 28.2 Å². The molecule has 0 aliphatic heterocycles. The van der Waals surface area contributed by atoms with Crippen LogP contribution in [0.2, 0.25) is 0 Å². The third-order valence-electron chi connectivity index (χ3n) is 2.30. The Hall–Kier alpha value is -1.07. The quantitative estimate of drug-likeness (QED) is 0.788. The molecule has 17 heavy (non-hydrogen) atoms. The van der Waals surface area contributed by atoms with Crippen LogP contribution in [0.3, 0.4) is 0 Å². The molecule has 0 unspecified atom stereocenters. The van der Waals surface area contributed by atoms with Crippen LogP contribution in [0.15, 0.2) is 22.7 Å². The highest BCUT2D eigenvalue weighted by Crippen LogP contribution is 2.23. The minimum Gasteiger partial charge on any atom is -0.496 e. The zero-order chi connectivity index (χ0) is 12.7. The van der Waals surface area contributed by atoms with Crippen LogP contribution in [0.1, 0.15) is 16.8 Å². The summed E-state index contributed by atoms with van der Waals surface area (Å²) in [7, 11) is 3.44. The van der Waals surface area contributed by atoms with Gasteiger partial charge < -0.3 is 15.4 Å². The molecule has 1 aromatic rings. The molecule has 0 fully saturated rings. The van der Waals surface area contributed by atoms with Crippen molar-refractivity contribution in [1.82, 2.24) is 10.6 Å². The van der Waals surface area contributed by atoms with Crippen LogP contribution < -0.4 is 15.4 Å². The lowest BCUT2D eigenvalue weighted by molar-refractivity contribution is 0.0950. The van der Waals surface area contributed by atoms with E-state index in [1.165, 1.54) is 0 Å². The van der Waals surface area contributed by atoms with Gasteiger partial charge in [0, 0.05) is 11.0 Å². The highest BCUT2D eigenvalue weighted by Gasteiger charge is 2.11. The van der Waals surface area contributed by atoms with Crippen molar-refractivity contribution in [3.63, 3.8) is 0 Å². The van der Waals surface area contributed by atoms with Crippen LogP contribution in [-0.4, -0.2) is 33.2 Å². The Morgan fingerprint density at radius 2 is 2.18 bits per heavy atom. The van der Waals surface area contributed by atoms with Gasteiger partial charge in [0.15, 0.2) is 0 Å². The lowest BCUT2D eigenvalue weighted by Gasteiger charge is -2.09. The van der Waals surface area contributed by atoms with Crippen LogP contribution in [0.4, 0.5) is 0 Å². The van der Waals surface area contributed by atoms with Crippen LogP contribution in [0.5, 0.6) is 5.75 Å². The standard InChI is InChI=1S/C12H17BrN2O2/c1-14-6-3-7-15-12(16)10-5-4-9(13)8-11(10)17-2/h4-5,8,14H,3,6-7H2,1-2H3,(H,15,16). The predicted octanol–water partition coefficient (Wildman–Crippen LogP) is 1.80. The zero-order valence-corrected chi connectivity index (χ0v) is 11.6. The molecule has 0 spiro atoms. The third kappa shape index (κ3) is 4.36. The predicted molar refractivity (Wildman–Crippen MR) is 71.6 cm³/mol. The molecule has 0 heterocycles. The van der Waals surface area contributed by atoms with Gasteiger partial charge in [0.2, 0.25) is 0 Å². The second kappa shape index (κ2) is 7.29. The number of rotatable bonds is 6. The van der Waals surface area contributed by atoms with Crippen molar-refractivity contribution in [2.75, 3.05) is 27.2 Å². The normalized spacial score (nSPS) is 10.1. The SMILES string of the molecule is CNCCCNC(=O)c1ccc(Br)cc1OC. The number of carbonyl (C=O) groups is 1. The minimum atomic E-state index is -0.106. The van der Waals surface area contributed by atoms with Crippen molar-refractivity contribution in [2.24, 2.45) is 0 Å². The Labute approximate surface area is 110 Å². The smallest absolute Gasteiger partial charge is 0.255 e. The summed E-state index contributed by atoms with van der Waals surface area (Å²) in [6, 6.07) is 5.35. The lowest BCUT2D eigenvalue weighted by atomic mass is 10.2. The summed E-state index contributed by atoms with van der Waals surface area (Å²) in [5.41, 5.74) is 0.556. The zero-order valence-electron chi connectivity index (χ0n) is 10.0. The molecule has 94 valence electrons. The van der Waals surface area contributed by atoms with Crippen molar-refractivity contribution >= 4 is 21.8 Å². The number of benzene rings is 1. The van der Waals surface area contributed by atoms with Gasteiger partial charge in [-0.05, 0) is 38.2 Å². The number of halogens is 1. The molecule has 2 N–H and O–H groups in total. The summed E-state index contributed by atoms with van der Waals surface area (Å²) in [6.45, 7) is 1.54. The van der Waals surface area contributed by atoms with Gasteiger partial charge in [-0.2, -0.15) is 0 Å². The first kappa shape index (κ1) is 14.0. The van der Waals surface area contributed by atoms with Crippen LogP contribution in [0, 0.1) is 0 Å². The van der Waals surface area contributed by atoms with E-state index >= 15 is 0 Å². The molecule has 0 bridgehead atoms. The molecule has 0 atom stereocenters. The summed E-state index contributed by atoms with van der Waals surface area (Å²) in [4.78, 5) is 11.9. The summed E-state index contributed by atoms with van der Waals surface area (Å²) in [6.07, 6.45) is 0.904. The van der Waals surface area contributed by atoms with Gasteiger partial charge in [-0.15, -0.1) is 0 Å². The highest BCUT2D eigenvalue weighted by atomic mass is 79.9. The first-order valence-corrected chi connectivity index (χ1v) is 6.24. The van der Waals surface area contributed by atoms with Gasteiger partial charge in [0.05, 0.1) is 12.7 Å².